The van der Waals surface area contributed by atoms with Crippen LogP contribution in [0.4, 0.5) is 52.7 Å². The van der Waals surface area contributed by atoms with E-state index < -0.39 is 47.9 Å². The van der Waals surface area contributed by atoms with Crippen molar-refractivity contribution >= 4 is 89.9 Å². The van der Waals surface area contributed by atoms with Gasteiger partial charge in [-0.15, -0.1) is 0 Å². The first-order valence-corrected chi connectivity index (χ1v) is 29.4. The zero-order valence-corrected chi connectivity index (χ0v) is 52.5. The Morgan fingerprint density at radius 1 is 0.618 bits per heavy atom. The predicted octanol–water partition coefficient (Wildman–Crippen LogP) is 19.5. The number of para-hydroxylation sites is 2. The third kappa shape index (κ3) is 21.8. The fourth-order valence-electron chi connectivity index (χ4n) is 8.88. The van der Waals surface area contributed by atoms with Gasteiger partial charge in [0.15, 0.2) is 0 Å². The minimum atomic E-state index is -4.66. The molecule has 0 saturated carbocycles. The van der Waals surface area contributed by atoms with E-state index in [4.69, 9.17) is 36.2 Å². The quantitative estimate of drug-likeness (QED) is 0.0463. The topological polar surface area (TPSA) is 140 Å². The number of nitrogens with two attached hydrogens (primary N) is 2. The van der Waals surface area contributed by atoms with Crippen LogP contribution < -0.4 is 20.8 Å². The second-order valence-electron chi connectivity index (χ2n) is 19.1. The van der Waals surface area contributed by atoms with Gasteiger partial charge in [-0.25, -0.2) is 0 Å². The molecule has 0 aromatic heterocycles. The van der Waals surface area contributed by atoms with Crippen LogP contribution >= 0.6 is 63.7 Å². The number of rotatable bonds is 10. The molecule has 10 rings (SSSR count). The van der Waals surface area contributed by atoms with Crippen LogP contribution in [0.25, 0.3) is 0 Å². The van der Waals surface area contributed by atoms with Gasteiger partial charge in [-0.3, -0.25) is 16.6 Å². The van der Waals surface area contributed by atoms with Crippen molar-refractivity contribution in [1.82, 2.24) is 4.81 Å². The molecule has 9 nitrogen and oxygen atoms in total. The molecule has 7 aromatic rings. The molecule has 0 aliphatic carbocycles. The number of hydrogen-bond acceptors (Lipinski definition) is 9. The average Bonchev–Trinajstić information content (AvgIpc) is 1.60. The Labute approximate surface area is 545 Å². The molecule has 7 aromatic carbocycles. The summed E-state index contributed by atoms with van der Waals surface area (Å²) in [6, 6.07) is 49.9. The first-order valence-electron chi connectivity index (χ1n) is 26.2. The summed E-state index contributed by atoms with van der Waals surface area (Å²) in [7, 11) is 2.50. The lowest BCUT2D eigenvalue weighted by atomic mass is 9.75. The Bertz CT molecular complexity index is 3120. The molecule has 2 saturated heterocycles. The summed E-state index contributed by atoms with van der Waals surface area (Å²) in [5.74, 6) is 1.58. The van der Waals surface area contributed by atoms with Gasteiger partial charge in [0.25, 0.3) is 0 Å². The monoisotopic (exact) mass is 1510 g/mol. The minimum Gasteiger partial charge on any atom is -0.524 e. The summed E-state index contributed by atoms with van der Waals surface area (Å²) < 4.78 is 170. The number of nitrogens with one attached hydrogen (secondary N) is 2. The molecule has 2 fully saturated rings. The molecular formula is C62H64B2Br4F12N5O4. The fourth-order valence-corrected chi connectivity index (χ4v) is 9.94. The van der Waals surface area contributed by atoms with Crippen LogP contribution in [-0.4, -0.2) is 75.4 Å². The molecule has 6 N–H and O–H groups in total. The summed E-state index contributed by atoms with van der Waals surface area (Å²) in [5.41, 5.74) is 6.71. The number of benzene rings is 7. The van der Waals surface area contributed by atoms with Gasteiger partial charge in [0, 0.05) is 47.7 Å². The molecule has 1 unspecified atom stereocenters. The molecule has 0 spiro atoms. The summed E-state index contributed by atoms with van der Waals surface area (Å²) in [6.45, 7) is 3.43. The van der Waals surface area contributed by atoms with E-state index in [-0.39, 0.29) is 49.8 Å². The van der Waals surface area contributed by atoms with Gasteiger partial charge in [-0.1, -0.05) is 220 Å². The number of halogens is 16. The zero-order chi connectivity index (χ0) is 64.4. The first kappa shape index (κ1) is 77.7. The van der Waals surface area contributed by atoms with Crippen molar-refractivity contribution in [2.75, 3.05) is 13.7 Å². The Hall–Kier alpha value is -5.51. The molecule has 0 amide bonds. The number of ether oxygens (including phenoxy) is 1. The van der Waals surface area contributed by atoms with Crippen molar-refractivity contribution in [3.63, 3.8) is 0 Å². The van der Waals surface area contributed by atoms with Crippen LogP contribution in [0.15, 0.2) is 200 Å². The van der Waals surface area contributed by atoms with Crippen molar-refractivity contribution in [3.05, 3.63) is 233 Å². The zero-order valence-electron chi connectivity index (χ0n) is 46.2. The van der Waals surface area contributed by atoms with Gasteiger partial charge in [-0.05, 0) is 103 Å². The van der Waals surface area contributed by atoms with Crippen LogP contribution in [0.2, 0.25) is 6.32 Å². The lowest BCUT2D eigenvalue weighted by Crippen LogP contribution is -2.51. The Balaban J connectivity index is 0.000000286. The molecule has 3 heterocycles. The van der Waals surface area contributed by atoms with Crippen LogP contribution in [0.1, 0.15) is 86.9 Å². The van der Waals surface area contributed by atoms with Gasteiger partial charge < -0.3 is 29.2 Å². The Morgan fingerprint density at radius 2 is 1.00 bits per heavy atom. The van der Waals surface area contributed by atoms with Crippen molar-refractivity contribution in [1.29, 1.82) is 10.8 Å². The third-order valence-corrected chi connectivity index (χ3v) is 15.4. The molecular weight excluding hydrogens is 1450 g/mol. The second kappa shape index (κ2) is 34.8. The molecule has 27 heteroatoms. The molecule has 0 bridgehead atoms. The van der Waals surface area contributed by atoms with Crippen molar-refractivity contribution in [3.8, 4) is 11.5 Å². The third-order valence-electron chi connectivity index (χ3n) is 13.3. The van der Waals surface area contributed by atoms with E-state index in [9.17, 15) is 52.7 Å². The van der Waals surface area contributed by atoms with Crippen molar-refractivity contribution in [2.24, 2.45) is 11.5 Å². The number of nitrogens with zero attached hydrogens (tertiary/aromatic N) is 1. The Morgan fingerprint density at radius 3 is 1.36 bits per heavy atom. The fraction of sp³-hybridized carbons (Fsp3) is 0.290. The molecule has 3 aliphatic rings. The van der Waals surface area contributed by atoms with Crippen LogP contribution in [0.5, 0.6) is 11.5 Å². The van der Waals surface area contributed by atoms with Crippen LogP contribution in [0, 0.1) is 10.8 Å². The summed E-state index contributed by atoms with van der Waals surface area (Å²) in [4.78, 5) is 2.63. The highest BCUT2D eigenvalue weighted by molar-refractivity contribution is 9.11. The van der Waals surface area contributed by atoms with E-state index in [0.717, 1.165) is 29.4 Å². The van der Waals surface area contributed by atoms with E-state index in [0.29, 0.717) is 19.5 Å². The number of methoxy groups -OCH3 is 1. The van der Waals surface area contributed by atoms with Gasteiger partial charge >= 0.3 is 39.4 Å². The van der Waals surface area contributed by atoms with Crippen LogP contribution in [-0.2, 0) is 20.7 Å². The maximum absolute atomic E-state index is 12.6. The average molecular weight is 1510 g/mol. The van der Waals surface area contributed by atoms with Gasteiger partial charge in [0.05, 0.1) is 0 Å². The van der Waals surface area contributed by atoms with E-state index >= 15 is 0 Å². The normalized spacial score (nSPS) is 15.6. The summed E-state index contributed by atoms with van der Waals surface area (Å²) in [6.07, 6.45) is -12.1. The molecule has 89 heavy (non-hydrogen) atoms. The Kier molecular flexibility index (Phi) is 30.4. The van der Waals surface area contributed by atoms with E-state index in [1.807, 2.05) is 24.3 Å². The minimum absolute atomic E-state index is 0. The standard InChI is InChI=1S/C21H26BNO.C9H9BrF3NO.C8H7BrF3N.2C8H5BrF3N.C6H4BO2.2CH4/c1-2-3-16-22-23-17-10-15-20(23)21(24-22,18-11-6-4-7-12-18)19-13-8-5-9-14-19;1-15-8(14,9(11,12)13)6-2-4-7(10)5-3-6;3*9-6-3-1-5(2-4-6)7(13)8(10,11)12;1-2-4-6-5(3-1)8-7-9-6;;/h4-9,11-14,20H,2-3,10,15-17H2,1H3;2-5H,14H2,1H3;1-4,7H,13H2;2*1-4,13H;1-4H;2*1H4/t20-;;7-;;;;;/m1.1...../s1. The molecule has 1 radical (unpaired) electrons. The van der Waals surface area contributed by atoms with E-state index in [1.54, 1.807) is 0 Å². The van der Waals surface area contributed by atoms with Crippen molar-refractivity contribution in [2.45, 2.75) is 102 Å². The highest BCUT2D eigenvalue weighted by atomic mass is 79.9. The molecule has 3 aliphatic heterocycles. The largest absolute Gasteiger partial charge is 0.658 e. The molecule has 479 valence electrons. The highest BCUT2D eigenvalue weighted by Gasteiger charge is 2.58. The van der Waals surface area contributed by atoms with Crippen LogP contribution in [0.3, 0.4) is 0 Å². The number of unbranched alkanes of at least 4 members (excludes halogenated alkanes) is 1. The first-order chi connectivity index (χ1) is 40.9. The number of alkyl halides is 12. The molecule has 3 atom stereocenters. The van der Waals surface area contributed by atoms with Gasteiger partial charge in [0.2, 0.25) is 5.72 Å². The lowest BCUT2D eigenvalue weighted by Gasteiger charge is -2.36. The predicted molar refractivity (Wildman–Crippen MR) is 341 cm³/mol. The number of fused-ring (bicyclic) bond motifs is 2. The lowest BCUT2D eigenvalue weighted by molar-refractivity contribution is -0.274. The summed E-state index contributed by atoms with van der Waals surface area (Å²) in [5, 5.41) is 13.6. The van der Waals surface area contributed by atoms with Gasteiger partial charge in [-0.2, -0.15) is 52.7 Å². The van der Waals surface area contributed by atoms with Crippen molar-refractivity contribution < 1.29 is 71.4 Å². The maximum atomic E-state index is 12.6. The highest BCUT2D eigenvalue weighted by Crippen LogP contribution is 2.50. The van der Waals surface area contributed by atoms with E-state index in [1.165, 1.54) is 148 Å². The van der Waals surface area contributed by atoms with E-state index in [2.05, 4.69) is 141 Å². The second-order valence-corrected chi connectivity index (χ2v) is 22.8. The van der Waals surface area contributed by atoms with Gasteiger partial charge in [0.1, 0.15) is 34.6 Å². The number of hydrogen-bond donors (Lipinski definition) is 4. The smallest absolute Gasteiger partial charge is 0.524 e. The maximum Gasteiger partial charge on any atom is 0.658 e. The SMILES string of the molecule is C.C.CCCCB1OC(c2ccccc2)(c2ccccc2)[C@H]2CCCN12.COC(N)(c1ccc(Br)cc1)C(F)(F)F.N=C(c1ccc(Br)cc1)C(F)(F)F.N=C(c1ccc(Br)cc1)C(F)(F)F.N[C@H](c1ccc(Br)cc1)C(F)(F)F.[B]1Oc2ccccc2O1. The summed E-state index contributed by atoms with van der Waals surface area (Å²) >= 11 is 12.4.